The van der Waals surface area contributed by atoms with E-state index in [1.54, 1.807) is 12.1 Å². The Balaban J connectivity index is 1.69. The number of nitrogens with zero attached hydrogens (tertiary/aromatic N) is 1. The fourth-order valence-electron chi connectivity index (χ4n) is 4.69. The highest BCUT2D eigenvalue weighted by molar-refractivity contribution is 7.92. The van der Waals surface area contributed by atoms with Gasteiger partial charge in [0, 0.05) is 11.0 Å². The van der Waals surface area contributed by atoms with Gasteiger partial charge in [-0.15, -0.1) is 0 Å². The number of sulfonamides is 1. The Bertz CT molecular complexity index is 1650. The fraction of sp³-hybridized carbons (Fsp3) is 0.0667. The second-order valence-corrected chi connectivity index (χ2v) is 10.5. The molecule has 1 aliphatic rings. The maximum atomic E-state index is 14.3. The lowest BCUT2D eigenvalue weighted by atomic mass is 9.93. The van der Waals surface area contributed by atoms with E-state index in [1.807, 2.05) is 110 Å². The molecule has 0 aliphatic carbocycles. The van der Waals surface area contributed by atoms with E-state index in [1.165, 1.54) is 4.31 Å². The van der Waals surface area contributed by atoms with E-state index >= 15 is 0 Å². The summed E-state index contributed by atoms with van der Waals surface area (Å²) in [5, 5.41) is 0.764. The van der Waals surface area contributed by atoms with Crippen molar-refractivity contribution in [2.24, 2.45) is 0 Å². The van der Waals surface area contributed by atoms with Gasteiger partial charge in [0.25, 0.3) is 10.0 Å². The first kappa shape index (κ1) is 21.4. The zero-order valence-corrected chi connectivity index (χ0v) is 19.9. The van der Waals surface area contributed by atoms with E-state index in [2.05, 4.69) is 0 Å². The van der Waals surface area contributed by atoms with Crippen LogP contribution in [0.2, 0.25) is 0 Å². The van der Waals surface area contributed by atoms with E-state index in [4.69, 9.17) is 4.42 Å². The Morgan fingerprint density at radius 2 is 1.37 bits per heavy atom. The van der Waals surface area contributed by atoms with Crippen LogP contribution in [-0.2, 0) is 10.0 Å². The maximum Gasteiger partial charge on any atom is 0.265 e. The predicted octanol–water partition coefficient (Wildman–Crippen LogP) is 7.12. The van der Waals surface area contributed by atoms with Crippen LogP contribution in [0, 0.1) is 6.92 Å². The number of hydrogen-bond acceptors (Lipinski definition) is 3. The number of furan rings is 1. The highest BCUT2D eigenvalue weighted by Crippen LogP contribution is 2.50. The van der Waals surface area contributed by atoms with Crippen molar-refractivity contribution in [1.29, 1.82) is 0 Å². The average Bonchev–Trinajstić information content (AvgIpc) is 3.28. The molecule has 0 saturated carbocycles. The van der Waals surface area contributed by atoms with Gasteiger partial charge in [-0.25, -0.2) is 8.42 Å². The smallest absolute Gasteiger partial charge is 0.265 e. The lowest BCUT2D eigenvalue weighted by Crippen LogP contribution is -2.36. The molecule has 0 amide bonds. The van der Waals surface area contributed by atoms with E-state index in [0.29, 0.717) is 17.0 Å². The summed E-state index contributed by atoms with van der Waals surface area (Å²) in [4.78, 5) is 0.247. The molecular weight excluding hydrogens is 454 g/mol. The fourth-order valence-corrected chi connectivity index (χ4v) is 6.30. The van der Waals surface area contributed by atoms with Crippen LogP contribution in [0.1, 0.15) is 28.5 Å². The van der Waals surface area contributed by atoms with E-state index in [9.17, 15) is 8.42 Å². The van der Waals surface area contributed by atoms with Crippen molar-refractivity contribution in [3.8, 4) is 0 Å². The molecule has 0 spiro atoms. The van der Waals surface area contributed by atoms with Crippen molar-refractivity contribution in [1.82, 2.24) is 0 Å². The van der Waals surface area contributed by atoms with Crippen molar-refractivity contribution in [2.45, 2.75) is 17.9 Å². The third kappa shape index (κ3) is 3.56. The molecule has 2 heterocycles. The predicted molar refractivity (Wildman–Crippen MR) is 140 cm³/mol. The summed E-state index contributed by atoms with van der Waals surface area (Å²) in [7, 11) is -3.93. The quantitative estimate of drug-likeness (QED) is 0.277. The van der Waals surface area contributed by atoms with Gasteiger partial charge in [0.2, 0.25) is 0 Å². The molecule has 172 valence electrons. The van der Waals surface area contributed by atoms with Crippen LogP contribution in [0.15, 0.2) is 125 Å². The summed E-state index contributed by atoms with van der Waals surface area (Å²) < 4.78 is 36.4. The minimum atomic E-state index is -3.93. The summed E-state index contributed by atoms with van der Waals surface area (Å²) in [5.41, 5.74) is 4.95. The molecule has 0 N–H and O–H groups in total. The van der Waals surface area contributed by atoms with Gasteiger partial charge in [0.05, 0.1) is 10.9 Å². The third-order valence-electron chi connectivity index (χ3n) is 6.42. The van der Waals surface area contributed by atoms with Gasteiger partial charge < -0.3 is 4.42 Å². The summed E-state index contributed by atoms with van der Waals surface area (Å²) in [6, 6.07) is 33.8. The van der Waals surface area contributed by atoms with Crippen LogP contribution < -0.4 is 4.31 Å². The van der Waals surface area contributed by atoms with Crippen LogP contribution in [0.3, 0.4) is 0 Å². The third-order valence-corrected chi connectivity index (χ3v) is 8.21. The molecule has 0 bridgehead atoms. The molecular formula is C30H23NO3S. The Labute approximate surface area is 204 Å². The van der Waals surface area contributed by atoms with Gasteiger partial charge in [-0.3, -0.25) is 4.31 Å². The van der Waals surface area contributed by atoms with Gasteiger partial charge in [-0.1, -0.05) is 90.5 Å². The molecule has 1 aliphatic heterocycles. The summed E-state index contributed by atoms with van der Waals surface area (Å²) >= 11 is 0. The number of hydrogen-bond donors (Lipinski definition) is 0. The standard InChI is InChI=1S/C30H23NO3S/c1-21-16-18-24(19-17-21)35(32,33)31-27(23-12-6-3-7-13-23)20-26(22-10-4-2-5-11-22)30-29(31)25-14-8-9-15-28(25)34-30/h2-20,27H,1H3. The van der Waals surface area contributed by atoms with Crippen LogP contribution in [-0.4, -0.2) is 8.42 Å². The number of benzene rings is 4. The van der Waals surface area contributed by atoms with Crippen molar-refractivity contribution in [3.05, 3.63) is 138 Å². The van der Waals surface area contributed by atoms with Crippen LogP contribution in [0.4, 0.5) is 5.69 Å². The van der Waals surface area contributed by atoms with Crippen molar-refractivity contribution in [2.75, 3.05) is 4.31 Å². The second kappa shape index (κ2) is 8.29. The van der Waals surface area contributed by atoms with Crippen molar-refractivity contribution >= 4 is 32.3 Å². The van der Waals surface area contributed by atoms with Gasteiger partial charge in [-0.2, -0.15) is 0 Å². The van der Waals surface area contributed by atoms with Gasteiger partial charge in [0.15, 0.2) is 5.76 Å². The zero-order chi connectivity index (χ0) is 24.0. The Morgan fingerprint density at radius 3 is 2.09 bits per heavy atom. The minimum absolute atomic E-state index is 0.247. The molecule has 0 saturated heterocycles. The Morgan fingerprint density at radius 1 is 0.743 bits per heavy atom. The van der Waals surface area contributed by atoms with Crippen LogP contribution in [0.5, 0.6) is 0 Å². The molecule has 0 radical (unpaired) electrons. The number of aryl methyl sites for hydroxylation is 1. The number of rotatable bonds is 4. The lowest BCUT2D eigenvalue weighted by molar-refractivity contribution is 0.576. The topological polar surface area (TPSA) is 50.5 Å². The van der Waals surface area contributed by atoms with E-state index in [-0.39, 0.29) is 4.90 Å². The zero-order valence-electron chi connectivity index (χ0n) is 19.1. The first-order valence-corrected chi connectivity index (χ1v) is 12.9. The average molecular weight is 478 g/mol. The van der Waals surface area contributed by atoms with Crippen LogP contribution in [0.25, 0.3) is 16.5 Å². The summed E-state index contributed by atoms with van der Waals surface area (Å²) in [5.74, 6) is 0.556. The Hall–Kier alpha value is -4.09. The molecule has 5 aromatic rings. The summed E-state index contributed by atoms with van der Waals surface area (Å²) in [6.07, 6.45) is 2.00. The molecule has 5 heteroatoms. The second-order valence-electron chi connectivity index (χ2n) is 8.69. The van der Waals surface area contributed by atoms with Gasteiger partial charge in [-0.05, 0) is 48.4 Å². The Kier molecular flexibility index (Phi) is 5.08. The van der Waals surface area contributed by atoms with Crippen molar-refractivity contribution in [3.63, 3.8) is 0 Å². The molecule has 1 atom stereocenters. The van der Waals surface area contributed by atoms with E-state index < -0.39 is 16.1 Å². The van der Waals surface area contributed by atoms with Gasteiger partial charge in [0.1, 0.15) is 11.3 Å². The van der Waals surface area contributed by atoms with Gasteiger partial charge >= 0.3 is 0 Å². The largest absolute Gasteiger partial charge is 0.454 e. The normalized spacial score (nSPS) is 15.6. The van der Waals surface area contributed by atoms with Crippen LogP contribution >= 0.6 is 0 Å². The summed E-state index contributed by atoms with van der Waals surface area (Å²) in [6.45, 7) is 1.95. The number of anilines is 1. The highest BCUT2D eigenvalue weighted by atomic mass is 32.2. The van der Waals surface area contributed by atoms with Crippen molar-refractivity contribution < 1.29 is 12.8 Å². The number of fused-ring (bicyclic) bond motifs is 3. The first-order chi connectivity index (χ1) is 17.0. The highest BCUT2D eigenvalue weighted by Gasteiger charge is 2.40. The molecule has 35 heavy (non-hydrogen) atoms. The maximum absolute atomic E-state index is 14.3. The molecule has 4 nitrogen and oxygen atoms in total. The SMILES string of the molecule is Cc1ccc(S(=O)(=O)N2c3c(oc4ccccc34)C(c3ccccc3)=CC2c2ccccc2)cc1. The monoisotopic (exact) mass is 477 g/mol. The molecule has 1 aromatic heterocycles. The number of para-hydroxylation sites is 1. The lowest BCUT2D eigenvalue weighted by Gasteiger charge is -2.35. The molecule has 1 unspecified atom stereocenters. The molecule has 0 fully saturated rings. The first-order valence-electron chi connectivity index (χ1n) is 11.5. The molecule has 6 rings (SSSR count). The molecule has 4 aromatic carbocycles. The van der Waals surface area contributed by atoms with E-state index in [0.717, 1.165) is 27.6 Å². The minimum Gasteiger partial charge on any atom is -0.454 e.